The first kappa shape index (κ1) is 25.1. The van der Waals surface area contributed by atoms with E-state index in [-0.39, 0.29) is 5.41 Å². The molecule has 3 heterocycles. The molecule has 10 rings (SSSR count). The molecule has 1 aliphatic carbocycles. The Labute approximate surface area is 264 Å². The summed E-state index contributed by atoms with van der Waals surface area (Å²) < 4.78 is 3.61. The monoisotopic (exact) mass is 593 g/mol. The van der Waals surface area contributed by atoms with Crippen LogP contribution in [0.4, 0.5) is 0 Å². The van der Waals surface area contributed by atoms with Crippen molar-refractivity contribution in [1.82, 2.24) is 14.5 Å². The molecule has 0 fully saturated rings. The summed E-state index contributed by atoms with van der Waals surface area (Å²) >= 11 is 1.93. The van der Waals surface area contributed by atoms with Crippen molar-refractivity contribution >= 4 is 64.9 Å². The third-order valence-electron chi connectivity index (χ3n) is 9.74. The molecule has 0 atom stereocenters. The molecule has 0 radical (unpaired) electrons. The van der Waals surface area contributed by atoms with E-state index in [4.69, 9.17) is 9.97 Å². The largest absolute Gasteiger partial charge is 0.276 e. The van der Waals surface area contributed by atoms with Crippen LogP contribution in [0.1, 0.15) is 24.3 Å². The number of para-hydroxylation sites is 2. The first-order valence-corrected chi connectivity index (χ1v) is 16.2. The van der Waals surface area contributed by atoms with Crippen molar-refractivity contribution in [3.63, 3.8) is 0 Å². The van der Waals surface area contributed by atoms with Gasteiger partial charge >= 0.3 is 0 Å². The van der Waals surface area contributed by atoms with Crippen LogP contribution in [0.5, 0.6) is 0 Å². The second kappa shape index (κ2) is 8.87. The highest BCUT2D eigenvalue weighted by Gasteiger charge is 2.39. The molecule has 0 unspecified atom stereocenters. The Bertz CT molecular complexity index is 2690. The van der Waals surface area contributed by atoms with E-state index < -0.39 is 0 Å². The molecule has 0 aliphatic heterocycles. The molecule has 6 aromatic carbocycles. The summed E-state index contributed by atoms with van der Waals surface area (Å²) in [5.74, 6) is 0.698. The van der Waals surface area contributed by atoms with Crippen LogP contribution in [0.3, 0.4) is 0 Å². The maximum absolute atomic E-state index is 5.41. The Hall–Kier alpha value is -5.32. The van der Waals surface area contributed by atoms with Crippen molar-refractivity contribution in [3.05, 3.63) is 138 Å². The lowest BCUT2D eigenvalue weighted by Crippen LogP contribution is -2.13. The van der Waals surface area contributed by atoms with Crippen LogP contribution in [0, 0.1) is 0 Å². The van der Waals surface area contributed by atoms with Crippen molar-refractivity contribution in [1.29, 1.82) is 0 Å². The van der Waals surface area contributed by atoms with Crippen LogP contribution >= 0.6 is 11.3 Å². The number of rotatable bonds is 2. The first-order chi connectivity index (χ1) is 22.1. The van der Waals surface area contributed by atoms with Crippen LogP contribution in [-0.2, 0) is 5.41 Å². The zero-order valence-electron chi connectivity index (χ0n) is 24.9. The summed E-state index contributed by atoms with van der Waals surface area (Å²) in [5, 5.41) is 7.23. The average Bonchev–Trinajstić information content (AvgIpc) is 3.71. The molecule has 0 spiro atoms. The van der Waals surface area contributed by atoms with Crippen molar-refractivity contribution in [2.45, 2.75) is 19.3 Å². The van der Waals surface area contributed by atoms with Crippen LogP contribution in [-0.4, -0.2) is 14.5 Å². The Balaban J connectivity index is 1.33. The Kier molecular flexibility index (Phi) is 4.94. The van der Waals surface area contributed by atoms with Gasteiger partial charge in [0.05, 0.1) is 26.9 Å². The van der Waals surface area contributed by atoms with Gasteiger partial charge in [-0.3, -0.25) is 4.57 Å². The van der Waals surface area contributed by atoms with Gasteiger partial charge in [-0.05, 0) is 40.1 Å². The van der Waals surface area contributed by atoms with Crippen LogP contribution in [0.15, 0.2) is 127 Å². The van der Waals surface area contributed by atoms with Gasteiger partial charge in [-0.2, -0.15) is 0 Å². The van der Waals surface area contributed by atoms with E-state index in [1.165, 1.54) is 58.7 Å². The lowest BCUT2D eigenvalue weighted by atomic mass is 9.87. The van der Waals surface area contributed by atoms with Gasteiger partial charge < -0.3 is 0 Å². The van der Waals surface area contributed by atoms with Crippen molar-refractivity contribution in [2.24, 2.45) is 0 Å². The topological polar surface area (TPSA) is 30.7 Å². The van der Waals surface area contributed by atoms with E-state index in [9.17, 15) is 0 Å². The number of nitrogens with zero attached hydrogens (tertiary/aromatic N) is 3. The second-order valence-corrected chi connectivity index (χ2v) is 13.6. The molecule has 1 aliphatic rings. The Morgan fingerprint density at radius 3 is 2.27 bits per heavy atom. The highest BCUT2D eigenvalue weighted by molar-refractivity contribution is 7.21. The summed E-state index contributed by atoms with van der Waals surface area (Å²) in [5.41, 5.74) is 9.36. The molecule has 0 saturated heterocycles. The average molecular weight is 594 g/mol. The lowest BCUT2D eigenvalue weighted by Gasteiger charge is -2.19. The van der Waals surface area contributed by atoms with Gasteiger partial charge in [0.25, 0.3) is 0 Å². The van der Waals surface area contributed by atoms with E-state index in [1.54, 1.807) is 0 Å². The zero-order chi connectivity index (χ0) is 29.9. The van der Waals surface area contributed by atoms with Gasteiger partial charge in [-0.25, -0.2) is 9.97 Å². The van der Waals surface area contributed by atoms with E-state index in [0.717, 1.165) is 27.7 Å². The second-order valence-electron chi connectivity index (χ2n) is 12.6. The van der Waals surface area contributed by atoms with Gasteiger partial charge in [0.15, 0.2) is 0 Å². The fraction of sp³-hybridized carbons (Fsp3) is 0.0732. The van der Waals surface area contributed by atoms with E-state index in [0.29, 0.717) is 5.95 Å². The third kappa shape index (κ3) is 3.35. The van der Waals surface area contributed by atoms with Crippen LogP contribution < -0.4 is 0 Å². The SMILES string of the molecule is CC1(C)c2ccccc2-c2c1sc1c2ccc2c3ccccc3n(-c3nc(-c4ccc5ccccc5c4)c4ccccc4n3)c21. The summed E-state index contributed by atoms with van der Waals surface area (Å²) in [6.45, 7) is 4.73. The molecular formula is C41H27N3S. The van der Waals surface area contributed by atoms with Gasteiger partial charge in [0.1, 0.15) is 0 Å². The summed E-state index contributed by atoms with van der Waals surface area (Å²) in [6, 6.07) is 45.8. The summed E-state index contributed by atoms with van der Waals surface area (Å²) in [6.07, 6.45) is 0. The molecule has 0 N–H and O–H groups in total. The first-order valence-electron chi connectivity index (χ1n) is 15.4. The number of hydrogen-bond acceptors (Lipinski definition) is 3. The quantitative estimate of drug-likeness (QED) is 0.200. The fourth-order valence-corrected chi connectivity index (χ4v) is 9.08. The molecule has 0 amide bonds. The van der Waals surface area contributed by atoms with E-state index in [2.05, 4.69) is 146 Å². The molecule has 212 valence electrons. The van der Waals surface area contributed by atoms with Crippen molar-refractivity contribution in [3.8, 4) is 28.3 Å². The van der Waals surface area contributed by atoms with Gasteiger partial charge in [0.2, 0.25) is 5.95 Å². The summed E-state index contributed by atoms with van der Waals surface area (Å²) in [4.78, 5) is 12.1. The number of hydrogen-bond donors (Lipinski definition) is 0. The minimum atomic E-state index is -0.0541. The fourth-order valence-electron chi connectivity index (χ4n) is 7.61. The Morgan fingerprint density at radius 2 is 1.36 bits per heavy atom. The smallest absolute Gasteiger partial charge is 0.235 e. The molecule has 0 bridgehead atoms. The highest BCUT2D eigenvalue weighted by atomic mass is 32.1. The maximum Gasteiger partial charge on any atom is 0.235 e. The predicted molar refractivity (Wildman–Crippen MR) is 190 cm³/mol. The molecule has 0 saturated carbocycles. The van der Waals surface area contributed by atoms with E-state index >= 15 is 0 Å². The van der Waals surface area contributed by atoms with Gasteiger partial charge in [0, 0.05) is 43.0 Å². The van der Waals surface area contributed by atoms with Crippen molar-refractivity contribution in [2.75, 3.05) is 0 Å². The maximum atomic E-state index is 5.41. The minimum Gasteiger partial charge on any atom is -0.276 e. The normalized spacial score (nSPS) is 13.7. The van der Waals surface area contributed by atoms with E-state index in [1.807, 2.05) is 11.3 Å². The Morgan fingerprint density at radius 1 is 0.622 bits per heavy atom. The predicted octanol–water partition coefficient (Wildman–Crippen LogP) is 11.1. The molecule has 9 aromatic rings. The molecule has 45 heavy (non-hydrogen) atoms. The molecule has 3 aromatic heterocycles. The number of aromatic nitrogens is 3. The van der Waals surface area contributed by atoms with Crippen LogP contribution in [0.25, 0.3) is 81.9 Å². The van der Waals surface area contributed by atoms with Gasteiger partial charge in [-0.15, -0.1) is 11.3 Å². The molecule has 4 heteroatoms. The van der Waals surface area contributed by atoms with Crippen LogP contribution in [0.2, 0.25) is 0 Å². The third-order valence-corrected chi connectivity index (χ3v) is 11.3. The highest BCUT2D eigenvalue weighted by Crippen LogP contribution is 2.56. The minimum absolute atomic E-state index is 0.0541. The van der Waals surface area contributed by atoms with Gasteiger partial charge in [-0.1, -0.05) is 123 Å². The zero-order valence-corrected chi connectivity index (χ0v) is 25.7. The van der Waals surface area contributed by atoms with Crippen molar-refractivity contribution < 1.29 is 0 Å². The molecule has 3 nitrogen and oxygen atoms in total. The number of thiophene rings is 1. The lowest BCUT2D eigenvalue weighted by molar-refractivity contribution is 0.674. The number of benzene rings is 6. The summed E-state index contributed by atoms with van der Waals surface area (Å²) in [7, 11) is 0. The standard InChI is InChI=1S/C41H27N3S/c1-41(2)32-16-8-5-14-29(32)35-31-22-21-28-27-13-7-10-18-34(27)44(37(28)38(31)45-39(35)41)40-42-33-17-9-6-15-30(33)36(43-40)26-20-19-24-11-3-4-12-25(24)23-26/h3-23H,1-2H3. The number of fused-ring (bicyclic) bond motifs is 11. The molecular weight excluding hydrogens is 567 g/mol.